The number of anilines is 1. The number of rotatable bonds is 8. The Bertz CT molecular complexity index is 1370. The smallest absolute Gasteiger partial charge is 0.343 e. The molecule has 212 valence electrons. The number of methoxy groups -OCH3 is 1. The number of aromatic nitrogens is 1. The van der Waals surface area contributed by atoms with Crippen molar-refractivity contribution in [2.45, 2.75) is 77.9 Å². The SMILES string of the molecule is CCOC(=O)c1cn(C2CC2)c2c(OC)c(N3CCC/C(=C(\F)CCC(=O)OC(C)(C)C)C3)c(F)cc2c1=O. The van der Waals surface area contributed by atoms with Gasteiger partial charge in [-0.05, 0) is 65.0 Å². The summed E-state index contributed by atoms with van der Waals surface area (Å²) in [7, 11) is 1.40. The molecule has 4 rings (SSSR count). The van der Waals surface area contributed by atoms with Crippen LogP contribution in [0.1, 0.15) is 82.6 Å². The first kappa shape index (κ1) is 28.6. The number of nitrogens with zero attached hydrogens (tertiary/aromatic N) is 2. The van der Waals surface area contributed by atoms with Gasteiger partial charge in [-0.3, -0.25) is 9.59 Å². The summed E-state index contributed by atoms with van der Waals surface area (Å²) in [4.78, 5) is 39.5. The Hall–Kier alpha value is -3.43. The van der Waals surface area contributed by atoms with Crippen LogP contribution >= 0.6 is 0 Å². The highest BCUT2D eigenvalue weighted by Gasteiger charge is 2.32. The van der Waals surface area contributed by atoms with Gasteiger partial charge in [0.25, 0.3) is 0 Å². The molecule has 2 heterocycles. The van der Waals surface area contributed by atoms with Crippen LogP contribution in [0.2, 0.25) is 0 Å². The third-order valence-electron chi connectivity index (χ3n) is 6.79. The molecule has 1 saturated carbocycles. The molecule has 10 heteroatoms. The molecule has 8 nitrogen and oxygen atoms in total. The molecular formula is C29H36F2N2O6. The molecule has 1 aliphatic heterocycles. The van der Waals surface area contributed by atoms with Gasteiger partial charge in [-0.15, -0.1) is 0 Å². The van der Waals surface area contributed by atoms with Crippen LogP contribution in [0, 0.1) is 5.82 Å². The first-order valence-corrected chi connectivity index (χ1v) is 13.4. The minimum atomic E-state index is -0.755. The number of allylic oxidation sites excluding steroid dienone is 1. The van der Waals surface area contributed by atoms with Crippen LogP contribution in [0.5, 0.6) is 5.75 Å². The number of halogens is 2. The Morgan fingerprint density at radius 3 is 2.51 bits per heavy atom. The van der Waals surface area contributed by atoms with Crippen LogP contribution in [0.25, 0.3) is 10.9 Å². The Balaban J connectivity index is 1.72. The fraction of sp³-hybridized carbons (Fsp3) is 0.552. The molecule has 1 aliphatic carbocycles. The van der Waals surface area contributed by atoms with Gasteiger partial charge in [0, 0.05) is 31.7 Å². The summed E-state index contributed by atoms with van der Waals surface area (Å²) in [5, 5.41) is 0.0295. The minimum Gasteiger partial charge on any atom is -0.492 e. The van der Waals surface area contributed by atoms with Crippen molar-refractivity contribution >= 4 is 28.5 Å². The predicted octanol–water partition coefficient (Wildman–Crippen LogP) is 5.61. The molecule has 0 radical (unpaired) electrons. The third-order valence-corrected chi connectivity index (χ3v) is 6.79. The number of fused-ring (bicyclic) bond motifs is 1. The Morgan fingerprint density at radius 1 is 1.18 bits per heavy atom. The van der Waals surface area contributed by atoms with Crippen LogP contribution in [0.3, 0.4) is 0 Å². The van der Waals surface area contributed by atoms with Gasteiger partial charge in [-0.25, -0.2) is 13.6 Å². The number of hydrogen-bond donors (Lipinski definition) is 0. The van der Waals surface area contributed by atoms with Crippen LogP contribution in [-0.4, -0.2) is 48.9 Å². The third kappa shape index (κ3) is 6.25. The lowest BCUT2D eigenvalue weighted by Gasteiger charge is -2.33. The summed E-state index contributed by atoms with van der Waals surface area (Å²) in [6, 6.07) is 1.17. The lowest BCUT2D eigenvalue weighted by Crippen LogP contribution is -2.33. The van der Waals surface area contributed by atoms with Crippen LogP contribution in [-0.2, 0) is 14.3 Å². The molecule has 1 aromatic carbocycles. The zero-order chi connectivity index (χ0) is 28.5. The molecule has 0 amide bonds. The predicted molar refractivity (Wildman–Crippen MR) is 144 cm³/mol. The van der Waals surface area contributed by atoms with Crippen molar-refractivity contribution in [1.82, 2.24) is 4.57 Å². The molecule has 1 aromatic heterocycles. The number of pyridine rings is 1. The lowest BCUT2D eigenvalue weighted by atomic mass is 10.00. The number of carbonyl (C=O) groups is 2. The molecular weight excluding hydrogens is 510 g/mol. The standard InChI is InChI=1S/C29H36F2N2O6/c1-6-38-28(36)20-16-33(18-9-10-18)24-19(26(20)35)14-22(31)25(27(24)37-5)32-13-7-8-17(15-32)21(30)11-12-23(34)39-29(2,3)4/h14,16,18H,6-13,15H2,1-5H3/b21-17+. The Kier molecular flexibility index (Phi) is 8.32. The van der Waals surface area contributed by atoms with E-state index in [2.05, 4.69) is 0 Å². The number of carbonyl (C=O) groups excluding carboxylic acids is 2. The van der Waals surface area contributed by atoms with Gasteiger partial charge in [0.05, 0.1) is 31.0 Å². The maximum Gasteiger partial charge on any atom is 0.343 e. The lowest BCUT2D eigenvalue weighted by molar-refractivity contribution is -0.154. The Morgan fingerprint density at radius 2 is 1.90 bits per heavy atom. The minimum absolute atomic E-state index is 0.0295. The summed E-state index contributed by atoms with van der Waals surface area (Å²) in [6.07, 6.45) is 4.05. The molecule has 0 bridgehead atoms. The van der Waals surface area contributed by atoms with Gasteiger partial charge in [0.2, 0.25) is 5.43 Å². The van der Waals surface area contributed by atoms with Crippen molar-refractivity contribution in [3.8, 4) is 5.75 Å². The number of piperidine rings is 1. The first-order chi connectivity index (χ1) is 18.4. The van der Waals surface area contributed by atoms with Gasteiger partial charge < -0.3 is 23.7 Å². The van der Waals surface area contributed by atoms with E-state index >= 15 is 8.78 Å². The number of esters is 2. The second kappa shape index (κ2) is 11.4. The average Bonchev–Trinajstić information content (AvgIpc) is 3.71. The van der Waals surface area contributed by atoms with Crippen molar-refractivity contribution < 1.29 is 32.6 Å². The van der Waals surface area contributed by atoms with Gasteiger partial charge in [-0.2, -0.15) is 0 Å². The zero-order valence-electron chi connectivity index (χ0n) is 23.2. The monoisotopic (exact) mass is 546 g/mol. The molecule has 0 N–H and O–H groups in total. The van der Waals surface area contributed by atoms with Crippen LogP contribution < -0.4 is 15.1 Å². The van der Waals surface area contributed by atoms with Crippen molar-refractivity contribution in [2.75, 3.05) is 31.7 Å². The zero-order valence-corrected chi connectivity index (χ0v) is 23.2. The van der Waals surface area contributed by atoms with Gasteiger partial charge >= 0.3 is 11.9 Å². The maximum absolute atomic E-state index is 15.7. The van der Waals surface area contributed by atoms with Crippen molar-refractivity contribution in [3.63, 3.8) is 0 Å². The first-order valence-electron chi connectivity index (χ1n) is 13.4. The van der Waals surface area contributed by atoms with E-state index in [1.807, 2.05) is 0 Å². The normalized spacial score (nSPS) is 17.3. The Labute approximate surface area is 226 Å². The van der Waals surface area contributed by atoms with E-state index in [0.717, 1.165) is 18.9 Å². The van der Waals surface area contributed by atoms with E-state index in [1.54, 1.807) is 37.2 Å². The van der Waals surface area contributed by atoms with Crippen LogP contribution in [0.4, 0.5) is 14.5 Å². The van der Waals surface area contributed by atoms with E-state index < -0.39 is 34.6 Å². The molecule has 0 spiro atoms. The van der Waals surface area contributed by atoms with Gasteiger partial charge in [0.1, 0.15) is 22.7 Å². The second-order valence-electron chi connectivity index (χ2n) is 11.0. The van der Waals surface area contributed by atoms with E-state index in [1.165, 1.54) is 13.3 Å². The number of ether oxygens (including phenoxy) is 3. The van der Waals surface area contributed by atoms with E-state index in [0.29, 0.717) is 30.5 Å². The highest BCUT2D eigenvalue weighted by atomic mass is 19.1. The van der Waals surface area contributed by atoms with Crippen molar-refractivity contribution in [3.05, 3.63) is 45.3 Å². The highest BCUT2D eigenvalue weighted by molar-refractivity contribution is 5.97. The second-order valence-corrected chi connectivity index (χ2v) is 11.0. The average molecular weight is 547 g/mol. The maximum atomic E-state index is 15.7. The van der Waals surface area contributed by atoms with E-state index in [9.17, 15) is 14.4 Å². The van der Waals surface area contributed by atoms with E-state index in [4.69, 9.17) is 14.2 Å². The molecule has 39 heavy (non-hydrogen) atoms. The highest BCUT2D eigenvalue weighted by Crippen LogP contribution is 2.44. The molecule has 2 fully saturated rings. The molecule has 2 aliphatic rings. The molecule has 0 atom stereocenters. The summed E-state index contributed by atoms with van der Waals surface area (Å²) in [5.41, 5.74) is -0.401. The molecule has 0 unspecified atom stereocenters. The molecule has 2 aromatic rings. The largest absolute Gasteiger partial charge is 0.492 e. The quantitative estimate of drug-likeness (QED) is 0.398. The van der Waals surface area contributed by atoms with Gasteiger partial charge in [-0.1, -0.05) is 0 Å². The topological polar surface area (TPSA) is 87.1 Å². The molecule has 1 saturated heterocycles. The number of hydrogen-bond acceptors (Lipinski definition) is 7. The fourth-order valence-corrected chi connectivity index (χ4v) is 4.99. The van der Waals surface area contributed by atoms with Crippen LogP contribution in [0.15, 0.2) is 28.5 Å². The number of benzene rings is 1. The van der Waals surface area contributed by atoms with E-state index in [-0.39, 0.29) is 54.4 Å². The van der Waals surface area contributed by atoms with Crippen molar-refractivity contribution in [1.29, 1.82) is 0 Å². The summed E-state index contributed by atoms with van der Waals surface area (Å²) < 4.78 is 48.7. The van der Waals surface area contributed by atoms with Crippen molar-refractivity contribution in [2.24, 2.45) is 0 Å². The van der Waals surface area contributed by atoms with Gasteiger partial charge in [0.15, 0.2) is 11.6 Å². The summed E-state index contributed by atoms with van der Waals surface area (Å²) in [6.45, 7) is 7.59. The summed E-state index contributed by atoms with van der Waals surface area (Å²) >= 11 is 0. The fourth-order valence-electron chi connectivity index (χ4n) is 4.99. The summed E-state index contributed by atoms with van der Waals surface area (Å²) in [5.74, 6) is -2.17.